The van der Waals surface area contributed by atoms with Crippen LogP contribution in [0.15, 0.2) is 34.2 Å². The quantitative estimate of drug-likeness (QED) is 0.591. The van der Waals surface area contributed by atoms with Crippen molar-refractivity contribution in [2.75, 3.05) is 19.0 Å². The summed E-state index contributed by atoms with van der Waals surface area (Å²) in [4.78, 5) is 17.6. The lowest BCUT2D eigenvalue weighted by molar-refractivity contribution is -0.146. The van der Waals surface area contributed by atoms with Gasteiger partial charge in [-0.3, -0.25) is 0 Å². The predicted octanol–water partition coefficient (Wildman–Crippen LogP) is 4.61. The van der Waals surface area contributed by atoms with Crippen molar-refractivity contribution in [2.45, 2.75) is 58.1 Å². The first-order chi connectivity index (χ1) is 15.0. The molecule has 1 fully saturated rings. The van der Waals surface area contributed by atoms with Crippen molar-refractivity contribution in [3.63, 3.8) is 0 Å². The number of carbonyl (C=O) groups excluding carboxylic acids is 1. The van der Waals surface area contributed by atoms with Crippen LogP contribution in [0.1, 0.15) is 57.6 Å². The largest absolute Gasteiger partial charge is 0.493 e. The molecule has 2 heterocycles. The molecular formula is C22H27BrN4O4. The Hall–Kier alpha value is -2.55. The molecule has 31 heavy (non-hydrogen) atoms. The molecule has 1 aromatic heterocycles. The third-order valence-corrected chi connectivity index (χ3v) is 6.29. The van der Waals surface area contributed by atoms with Crippen molar-refractivity contribution in [3.8, 4) is 11.5 Å². The van der Waals surface area contributed by atoms with Gasteiger partial charge in [-0.05, 0) is 73.2 Å². The number of esters is 1. The van der Waals surface area contributed by atoms with E-state index in [1.165, 1.54) is 12.7 Å². The fourth-order valence-electron chi connectivity index (χ4n) is 4.24. The van der Waals surface area contributed by atoms with E-state index in [-0.39, 0.29) is 12.1 Å². The van der Waals surface area contributed by atoms with E-state index in [1.54, 1.807) is 11.8 Å². The Morgan fingerprint density at radius 1 is 1.29 bits per heavy atom. The number of rotatable bonds is 6. The average molecular weight is 491 g/mol. The maximum absolute atomic E-state index is 13.4. The third kappa shape index (κ3) is 4.28. The number of benzene rings is 1. The predicted molar refractivity (Wildman–Crippen MR) is 119 cm³/mol. The van der Waals surface area contributed by atoms with Gasteiger partial charge in [-0.2, -0.15) is 10.1 Å². The molecule has 2 aromatic rings. The standard InChI is InChI=1S/C22H27BrN4O4/c1-4-30-20-16(23)10-14(11-17(20)29-3)19-18(13(2)26-22-24-12-25-27(19)22)21(28)31-15-8-6-5-7-9-15/h10-12,15,19H,4-9H2,1-3H3,(H,24,25,26). The number of allylic oxidation sites excluding steroid dienone is 1. The Morgan fingerprint density at radius 3 is 2.77 bits per heavy atom. The monoisotopic (exact) mass is 490 g/mol. The van der Waals surface area contributed by atoms with Crippen molar-refractivity contribution >= 4 is 27.8 Å². The fraction of sp³-hybridized carbons (Fsp3) is 0.500. The molecule has 166 valence electrons. The number of nitrogens with one attached hydrogen (secondary N) is 1. The van der Waals surface area contributed by atoms with Crippen LogP contribution in [0.5, 0.6) is 11.5 Å². The second kappa shape index (κ2) is 9.30. The SMILES string of the molecule is CCOc1c(Br)cc(C2C(C(=O)OC3CCCCC3)=C(C)Nc3ncnn32)cc1OC. The summed E-state index contributed by atoms with van der Waals surface area (Å²) in [6.07, 6.45) is 6.63. The van der Waals surface area contributed by atoms with Crippen LogP contribution < -0.4 is 14.8 Å². The maximum Gasteiger partial charge on any atom is 0.338 e. The Morgan fingerprint density at radius 2 is 2.06 bits per heavy atom. The highest BCUT2D eigenvalue weighted by Gasteiger charge is 2.36. The molecule has 1 N–H and O–H groups in total. The van der Waals surface area contributed by atoms with Gasteiger partial charge in [-0.1, -0.05) is 6.42 Å². The number of hydrogen-bond donors (Lipinski definition) is 1. The van der Waals surface area contributed by atoms with Gasteiger partial charge in [0.25, 0.3) is 0 Å². The zero-order chi connectivity index (χ0) is 22.0. The minimum absolute atomic E-state index is 0.0408. The summed E-state index contributed by atoms with van der Waals surface area (Å²) in [6.45, 7) is 4.29. The summed E-state index contributed by atoms with van der Waals surface area (Å²) < 4.78 is 19.7. The van der Waals surface area contributed by atoms with Gasteiger partial charge < -0.3 is 19.5 Å². The molecule has 0 saturated heterocycles. The van der Waals surface area contributed by atoms with E-state index in [9.17, 15) is 4.79 Å². The number of fused-ring (bicyclic) bond motifs is 1. The number of ether oxygens (including phenoxy) is 3. The van der Waals surface area contributed by atoms with E-state index in [4.69, 9.17) is 14.2 Å². The lowest BCUT2D eigenvalue weighted by Gasteiger charge is -2.30. The second-order valence-electron chi connectivity index (χ2n) is 7.73. The van der Waals surface area contributed by atoms with Crippen LogP contribution in [0.3, 0.4) is 0 Å². The molecule has 1 saturated carbocycles. The summed E-state index contributed by atoms with van der Waals surface area (Å²) in [6, 6.07) is 3.30. The van der Waals surface area contributed by atoms with Crippen molar-refractivity contribution < 1.29 is 19.0 Å². The highest BCUT2D eigenvalue weighted by atomic mass is 79.9. The molecule has 1 aliphatic carbocycles. The lowest BCUT2D eigenvalue weighted by atomic mass is 9.94. The summed E-state index contributed by atoms with van der Waals surface area (Å²) >= 11 is 3.59. The minimum atomic E-state index is -0.504. The highest BCUT2D eigenvalue weighted by Crippen LogP contribution is 2.43. The van der Waals surface area contributed by atoms with E-state index in [2.05, 4.69) is 31.3 Å². The first-order valence-corrected chi connectivity index (χ1v) is 11.4. The molecule has 8 nitrogen and oxygen atoms in total. The fourth-order valence-corrected chi connectivity index (χ4v) is 4.82. The Balaban J connectivity index is 1.76. The molecule has 0 spiro atoms. The van der Waals surface area contributed by atoms with Crippen LogP contribution in [0.25, 0.3) is 0 Å². The van der Waals surface area contributed by atoms with E-state index in [1.807, 2.05) is 26.0 Å². The summed E-state index contributed by atoms with van der Waals surface area (Å²) in [7, 11) is 1.59. The Labute approximate surface area is 190 Å². The molecule has 1 aliphatic heterocycles. The molecule has 1 unspecified atom stereocenters. The first kappa shape index (κ1) is 21.7. The molecule has 0 radical (unpaired) electrons. The molecule has 1 aromatic carbocycles. The van der Waals surface area contributed by atoms with Gasteiger partial charge in [0.2, 0.25) is 5.95 Å². The molecule has 2 aliphatic rings. The van der Waals surface area contributed by atoms with Crippen LogP contribution in [0.4, 0.5) is 5.95 Å². The number of methoxy groups -OCH3 is 1. The van der Waals surface area contributed by atoms with E-state index < -0.39 is 6.04 Å². The number of nitrogens with zero attached hydrogens (tertiary/aromatic N) is 3. The number of hydrogen-bond acceptors (Lipinski definition) is 7. The molecule has 0 amide bonds. The zero-order valence-corrected chi connectivity index (χ0v) is 19.6. The van der Waals surface area contributed by atoms with Crippen LogP contribution >= 0.6 is 15.9 Å². The van der Waals surface area contributed by atoms with Gasteiger partial charge in [-0.15, -0.1) is 0 Å². The second-order valence-corrected chi connectivity index (χ2v) is 8.58. The van der Waals surface area contributed by atoms with Crippen LogP contribution in [0, 0.1) is 0 Å². The van der Waals surface area contributed by atoms with E-state index >= 15 is 0 Å². The van der Waals surface area contributed by atoms with Crippen molar-refractivity contribution in [2.24, 2.45) is 0 Å². The Kier molecular flexibility index (Phi) is 6.50. The number of carbonyl (C=O) groups is 1. The molecule has 9 heteroatoms. The molecule has 1 atom stereocenters. The van der Waals surface area contributed by atoms with Gasteiger partial charge in [0.1, 0.15) is 18.5 Å². The van der Waals surface area contributed by atoms with Gasteiger partial charge >= 0.3 is 5.97 Å². The molecular weight excluding hydrogens is 464 g/mol. The van der Waals surface area contributed by atoms with E-state index in [0.29, 0.717) is 35.3 Å². The van der Waals surface area contributed by atoms with Crippen LogP contribution in [-0.4, -0.2) is 40.6 Å². The number of anilines is 1. The molecule has 4 rings (SSSR count). The summed E-state index contributed by atoms with van der Waals surface area (Å²) in [5.74, 6) is 1.44. The topological polar surface area (TPSA) is 87.5 Å². The van der Waals surface area contributed by atoms with Gasteiger partial charge in [0, 0.05) is 5.70 Å². The van der Waals surface area contributed by atoms with E-state index in [0.717, 1.165) is 35.7 Å². The number of halogens is 1. The first-order valence-electron chi connectivity index (χ1n) is 10.6. The highest BCUT2D eigenvalue weighted by molar-refractivity contribution is 9.10. The number of aromatic nitrogens is 3. The maximum atomic E-state index is 13.4. The van der Waals surface area contributed by atoms with Crippen molar-refractivity contribution in [1.29, 1.82) is 0 Å². The average Bonchev–Trinajstić information content (AvgIpc) is 3.22. The van der Waals surface area contributed by atoms with Crippen LogP contribution in [0.2, 0.25) is 0 Å². The normalized spacial score (nSPS) is 18.9. The van der Waals surface area contributed by atoms with Crippen molar-refractivity contribution in [1.82, 2.24) is 14.8 Å². The zero-order valence-electron chi connectivity index (χ0n) is 18.0. The summed E-state index contributed by atoms with van der Waals surface area (Å²) in [5.41, 5.74) is 2.03. The summed E-state index contributed by atoms with van der Waals surface area (Å²) in [5, 5.41) is 7.57. The minimum Gasteiger partial charge on any atom is -0.493 e. The van der Waals surface area contributed by atoms with Gasteiger partial charge in [0.15, 0.2) is 11.5 Å². The molecule has 0 bridgehead atoms. The van der Waals surface area contributed by atoms with Crippen LogP contribution in [-0.2, 0) is 9.53 Å². The van der Waals surface area contributed by atoms with Gasteiger partial charge in [-0.25, -0.2) is 9.48 Å². The van der Waals surface area contributed by atoms with Crippen molar-refractivity contribution in [3.05, 3.63) is 39.8 Å². The third-order valence-electron chi connectivity index (χ3n) is 5.70. The van der Waals surface area contributed by atoms with Gasteiger partial charge in [0.05, 0.1) is 23.8 Å². The lowest BCUT2D eigenvalue weighted by Crippen LogP contribution is -2.32. The smallest absolute Gasteiger partial charge is 0.338 e. The Bertz CT molecular complexity index is 997.